The van der Waals surface area contributed by atoms with E-state index in [1.807, 2.05) is 30.3 Å². The molecule has 3 rings (SSSR count). The molecule has 1 N–H and O–H groups in total. The van der Waals surface area contributed by atoms with Crippen LogP contribution >= 0.6 is 15.9 Å². The highest BCUT2D eigenvalue weighted by Gasteiger charge is 2.09. The number of unbranched alkanes of at least 4 members (excludes halogenated alkanes) is 1. The lowest BCUT2D eigenvalue weighted by atomic mass is 9.92. The first kappa shape index (κ1) is 20.9. The highest BCUT2D eigenvalue weighted by molar-refractivity contribution is 9.10. The monoisotopic (exact) mass is 449 g/mol. The maximum atomic E-state index is 11.9. The zero-order valence-corrected chi connectivity index (χ0v) is 17.8. The molecule has 3 aromatic carbocycles. The van der Waals surface area contributed by atoms with Crippen molar-refractivity contribution >= 4 is 38.5 Å². The van der Waals surface area contributed by atoms with Crippen molar-refractivity contribution in [2.75, 3.05) is 11.9 Å². The summed E-state index contributed by atoms with van der Waals surface area (Å²) >= 11 is 3.37. The van der Waals surface area contributed by atoms with Gasteiger partial charge in [0.05, 0.1) is 6.61 Å². The summed E-state index contributed by atoms with van der Waals surface area (Å²) in [6.07, 6.45) is 4.30. The van der Waals surface area contributed by atoms with E-state index in [1.54, 1.807) is 0 Å². The van der Waals surface area contributed by atoms with Crippen LogP contribution in [0.1, 0.15) is 30.7 Å². The van der Waals surface area contributed by atoms with Crippen molar-refractivity contribution in [2.45, 2.75) is 25.2 Å². The van der Waals surface area contributed by atoms with Crippen LogP contribution in [0.15, 0.2) is 89.6 Å². The normalized spacial score (nSPS) is 11.5. The number of ether oxygens (including phenoxy) is 1. The van der Waals surface area contributed by atoms with Crippen molar-refractivity contribution in [3.63, 3.8) is 0 Å². The van der Waals surface area contributed by atoms with Crippen molar-refractivity contribution in [3.05, 3.63) is 95.2 Å². The van der Waals surface area contributed by atoms with E-state index in [0.717, 1.165) is 23.7 Å². The fourth-order valence-electron chi connectivity index (χ4n) is 3.25. The number of amides is 1. The third-order valence-corrected chi connectivity index (χ3v) is 5.28. The number of rotatable bonds is 8. The van der Waals surface area contributed by atoms with E-state index in [1.165, 1.54) is 16.3 Å². The molecule has 0 radical (unpaired) electrons. The van der Waals surface area contributed by atoms with Gasteiger partial charge in [-0.25, -0.2) is 4.79 Å². The van der Waals surface area contributed by atoms with Gasteiger partial charge in [0.15, 0.2) is 0 Å². The summed E-state index contributed by atoms with van der Waals surface area (Å²) in [4.78, 5) is 11.9. The van der Waals surface area contributed by atoms with Gasteiger partial charge in [0.2, 0.25) is 0 Å². The van der Waals surface area contributed by atoms with Crippen LogP contribution in [0.2, 0.25) is 0 Å². The number of hydrogen-bond acceptors (Lipinski definition) is 2. The third kappa shape index (κ3) is 6.35. The molecule has 0 aromatic heterocycles. The molecule has 1 atom stereocenters. The molecule has 29 heavy (non-hydrogen) atoms. The minimum atomic E-state index is -0.426. The fraction of sp³-hybridized carbons (Fsp3) is 0.200. The largest absolute Gasteiger partial charge is 0.449 e. The van der Waals surface area contributed by atoms with E-state index in [-0.39, 0.29) is 5.92 Å². The first-order valence-corrected chi connectivity index (χ1v) is 10.5. The van der Waals surface area contributed by atoms with E-state index >= 15 is 0 Å². The summed E-state index contributed by atoms with van der Waals surface area (Å²) in [6, 6.07) is 22.3. The molecule has 0 aliphatic heterocycles. The summed E-state index contributed by atoms with van der Waals surface area (Å²) in [5.74, 6) is 0.258. The number of anilines is 1. The van der Waals surface area contributed by atoms with Crippen molar-refractivity contribution in [2.24, 2.45) is 0 Å². The smallest absolute Gasteiger partial charge is 0.411 e. The molecule has 0 heterocycles. The second kappa shape index (κ2) is 10.7. The Hall–Kier alpha value is -2.81. The molecule has 0 spiro atoms. The van der Waals surface area contributed by atoms with Gasteiger partial charge in [0, 0.05) is 16.1 Å². The number of nitrogens with one attached hydrogen (secondary N) is 1. The summed E-state index contributed by atoms with van der Waals surface area (Å²) in [6.45, 7) is 4.13. The van der Waals surface area contributed by atoms with Crippen molar-refractivity contribution in [1.29, 1.82) is 0 Å². The Kier molecular flexibility index (Phi) is 7.69. The van der Waals surface area contributed by atoms with Crippen LogP contribution in [0, 0.1) is 0 Å². The average molecular weight is 450 g/mol. The van der Waals surface area contributed by atoms with Crippen LogP contribution in [-0.2, 0) is 4.74 Å². The van der Waals surface area contributed by atoms with Crippen molar-refractivity contribution in [1.82, 2.24) is 0 Å². The zero-order valence-electron chi connectivity index (χ0n) is 16.2. The number of halogens is 1. The van der Waals surface area contributed by atoms with Crippen LogP contribution < -0.4 is 5.32 Å². The number of carbonyl (C=O) groups excluding carboxylic acids is 1. The van der Waals surface area contributed by atoms with Crippen molar-refractivity contribution < 1.29 is 9.53 Å². The van der Waals surface area contributed by atoms with Gasteiger partial charge >= 0.3 is 6.09 Å². The topological polar surface area (TPSA) is 38.3 Å². The second-order valence-electron chi connectivity index (χ2n) is 6.85. The minimum Gasteiger partial charge on any atom is -0.449 e. The molecule has 0 saturated carbocycles. The molecule has 0 saturated heterocycles. The van der Waals surface area contributed by atoms with Gasteiger partial charge in [-0.05, 0) is 65.9 Å². The first-order valence-electron chi connectivity index (χ1n) is 9.70. The molecule has 3 aromatic rings. The maximum Gasteiger partial charge on any atom is 0.411 e. The van der Waals surface area contributed by atoms with Crippen LogP contribution in [0.5, 0.6) is 0 Å². The van der Waals surface area contributed by atoms with Crippen molar-refractivity contribution in [3.8, 4) is 0 Å². The van der Waals surface area contributed by atoms with E-state index in [2.05, 4.69) is 76.0 Å². The van der Waals surface area contributed by atoms with E-state index in [0.29, 0.717) is 12.3 Å². The van der Waals surface area contributed by atoms with Gasteiger partial charge in [-0.1, -0.05) is 65.0 Å². The van der Waals surface area contributed by atoms with Gasteiger partial charge < -0.3 is 4.74 Å². The molecule has 4 heteroatoms. The van der Waals surface area contributed by atoms with Gasteiger partial charge in [-0.3, -0.25) is 5.32 Å². The number of carbonyl (C=O) groups is 1. The van der Waals surface area contributed by atoms with E-state index in [9.17, 15) is 4.79 Å². The number of fused-ring (bicyclic) bond motifs is 1. The van der Waals surface area contributed by atoms with Crippen LogP contribution in [0.25, 0.3) is 10.8 Å². The second-order valence-corrected chi connectivity index (χ2v) is 7.76. The molecule has 148 valence electrons. The Bertz CT molecular complexity index is 1010. The van der Waals surface area contributed by atoms with Crippen LogP contribution in [-0.4, -0.2) is 12.7 Å². The van der Waals surface area contributed by atoms with Gasteiger partial charge in [0.1, 0.15) is 0 Å². The molecule has 0 aliphatic carbocycles. The van der Waals surface area contributed by atoms with Gasteiger partial charge in [-0.15, -0.1) is 5.73 Å². The molecule has 0 bridgehead atoms. The van der Waals surface area contributed by atoms with E-state index < -0.39 is 6.09 Å². The molecular weight excluding hydrogens is 426 g/mol. The average Bonchev–Trinajstić information content (AvgIpc) is 2.74. The van der Waals surface area contributed by atoms with Crippen LogP contribution in [0.3, 0.4) is 0 Å². The maximum absolute atomic E-state index is 11.9. The standard InChI is InChI=1S/C25H24BrNO2/c1-2-7-19(22-12-11-20-8-3-4-10-21(20)18-22)9-5-6-17-29-25(28)27-24-15-13-23(26)14-16-24/h3-4,7-8,10-16,18-19H,1,5-6,9,17H2,(H,27,28)/t19-/m1/s1. The summed E-state index contributed by atoms with van der Waals surface area (Å²) in [5, 5.41) is 5.20. The lowest BCUT2D eigenvalue weighted by Gasteiger charge is -2.14. The lowest BCUT2D eigenvalue weighted by Crippen LogP contribution is -2.14. The lowest BCUT2D eigenvalue weighted by molar-refractivity contribution is 0.159. The van der Waals surface area contributed by atoms with Gasteiger partial charge in [-0.2, -0.15) is 0 Å². The molecule has 0 unspecified atom stereocenters. The Morgan fingerprint density at radius 2 is 1.83 bits per heavy atom. The predicted molar refractivity (Wildman–Crippen MR) is 123 cm³/mol. The quantitative estimate of drug-likeness (QED) is 0.286. The number of hydrogen-bond donors (Lipinski definition) is 1. The molecule has 0 fully saturated rings. The highest BCUT2D eigenvalue weighted by Crippen LogP contribution is 2.27. The highest BCUT2D eigenvalue weighted by atomic mass is 79.9. The van der Waals surface area contributed by atoms with Gasteiger partial charge in [0.25, 0.3) is 0 Å². The first-order chi connectivity index (χ1) is 14.2. The third-order valence-electron chi connectivity index (χ3n) is 4.75. The summed E-state index contributed by atoms with van der Waals surface area (Å²) in [5.41, 5.74) is 4.90. The Balaban J connectivity index is 1.46. The number of benzene rings is 3. The Morgan fingerprint density at radius 1 is 1.07 bits per heavy atom. The fourth-order valence-corrected chi connectivity index (χ4v) is 3.51. The Morgan fingerprint density at radius 3 is 2.59 bits per heavy atom. The predicted octanol–water partition coefficient (Wildman–Crippen LogP) is 7.45. The number of allylic oxidation sites excluding steroid dienone is 1. The summed E-state index contributed by atoms with van der Waals surface area (Å²) < 4.78 is 6.25. The molecule has 0 aliphatic rings. The zero-order chi connectivity index (χ0) is 20.5. The SMILES string of the molecule is C=C=C[C@H](CCCCOC(=O)Nc1ccc(Br)cc1)c1ccc2ccccc2c1. The van der Waals surface area contributed by atoms with E-state index in [4.69, 9.17) is 4.74 Å². The minimum absolute atomic E-state index is 0.258. The molecular formula is C25H24BrNO2. The molecule has 1 amide bonds. The summed E-state index contributed by atoms with van der Waals surface area (Å²) in [7, 11) is 0. The Labute approximate surface area is 180 Å². The van der Waals surface area contributed by atoms with Crippen LogP contribution in [0.4, 0.5) is 10.5 Å². The molecule has 3 nitrogen and oxygen atoms in total.